The molecule has 0 bridgehead atoms. The first-order valence-corrected chi connectivity index (χ1v) is 7.11. The quantitative estimate of drug-likeness (QED) is 0.786. The zero-order chi connectivity index (χ0) is 16.0. The third-order valence-corrected chi connectivity index (χ3v) is 3.77. The van der Waals surface area contributed by atoms with Crippen LogP contribution < -0.4 is 10.1 Å². The second-order valence-corrected chi connectivity index (χ2v) is 5.17. The predicted molar refractivity (Wildman–Crippen MR) is 79.8 cm³/mol. The molecular formula is C16H24FNO3. The first kappa shape index (κ1) is 17.4. The smallest absolute Gasteiger partial charge is 0.323 e. The molecule has 118 valence electrons. The van der Waals surface area contributed by atoms with Crippen molar-refractivity contribution in [2.24, 2.45) is 5.92 Å². The van der Waals surface area contributed by atoms with E-state index in [1.165, 1.54) is 20.3 Å². The van der Waals surface area contributed by atoms with Crippen LogP contribution in [0.25, 0.3) is 0 Å². The Hall–Kier alpha value is -1.62. The highest BCUT2D eigenvalue weighted by Crippen LogP contribution is 2.24. The average molecular weight is 297 g/mol. The van der Waals surface area contributed by atoms with Crippen LogP contribution in [0, 0.1) is 11.7 Å². The minimum absolute atomic E-state index is 0.127. The van der Waals surface area contributed by atoms with Gasteiger partial charge in [-0.05, 0) is 30.5 Å². The predicted octanol–water partition coefficient (Wildman–Crippen LogP) is 3.07. The summed E-state index contributed by atoms with van der Waals surface area (Å²) in [6, 6.07) is 4.16. The molecule has 0 aliphatic heterocycles. The first-order valence-electron chi connectivity index (χ1n) is 7.11. The number of benzene rings is 1. The maximum atomic E-state index is 13.4. The summed E-state index contributed by atoms with van der Waals surface area (Å²) in [5, 5.41) is 3.25. The molecule has 1 N–H and O–H groups in total. The van der Waals surface area contributed by atoms with Gasteiger partial charge in [0.05, 0.1) is 14.2 Å². The van der Waals surface area contributed by atoms with Crippen LogP contribution in [0.2, 0.25) is 0 Å². The van der Waals surface area contributed by atoms with Crippen LogP contribution in [-0.4, -0.2) is 26.2 Å². The molecule has 0 aromatic heterocycles. The van der Waals surface area contributed by atoms with Gasteiger partial charge in [0.2, 0.25) is 0 Å². The molecule has 1 rings (SSSR count). The third kappa shape index (κ3) is 4.43. The van der Waals surface area contributed by atoms with E-state index in [1.54, 1.807) is 12.1 Å². The molecule has 1 aromatic rings. The molecule has 0 radical (unpaired) electrons. The van der Waals surface area contributed by atoms with E-state index in [-0.39, 0.29) is 23.7 Å². The number of esters is 1. The van der Waals surface area contributed by atoms with Crippen LogP contribution in [0.3, 0.4) is 0 Å². The maximum Gasteiger partial charge on any atom is 0.323 e. The molecule has 3 unspecified atom stereocenters. The van der Waals surface area contributed by atoms with E-state index in [0.717, 1.165) is 12.0 Å². The van der Waals surface area contributed by atoms with Gasteiger partial charge in [-0.15, -0.1) is 0 Å². The van der Waals surface area contributed by atoms with E-state index in [9.17, 15) is 9.18 Å². The molecular weight excluding hydrogens is 273 g/mol. The van der Waals surface area contributed by atoms with Crippen molar-refractivity contribution in [3.8, 4) is 5.75 Å². The fourth-order valence-electron chi connectivity index (χ4n) is 2.14. The lowest BCUT2D eigenvalue weighted by molar-refractivity contribution is -0.144. The van der Waals surface area contributed by atoms with Gasteiger partial charge in [-0.25, -0.2) is 4.39 Å². The molecule has 0 saturated heterocycles. The van der Waals surface area contributed by atoms with Crippen molar-refractivity contribution in [1.29, 1.82) is 0 Å². The molecule has 0 aliphatic rings. The summed E-state index contributed by atoms with van der Waals surface area (Å²) in [4.78, 5) is 11.9. The summed E-state index contributed by atoms with van der Waals surface area (Å²) >= 11 is 0. The first-order chi connectivity index (χ1) is 9.94. The molecule has 0 fully saturated rings. The second-order valence-electron chi connectivity index (χ2n) is 5.17. The van der Waals surface area contributed by atoms with Crippen LogP contribution in [0.5, 0.6) is 5.75 Å². The molecule has 0 amide bonds. The summed E-state index contributed by atoms with van der Waals surface area (Å²) in [6.45, 7) is 5.94. The van der Waals surface area contributed by atoms with E-state index < -0.39 is 11.9 Å². The van der Waals surface area contributed by atoms with Crippen LogP contribution in [0.1, 0.15) is 38.8 Å². The summed E-state index contributed by atoms with van der Waals surface area (Å²) < 4.78 is 23.3. The standard InChI is InChI=1S/C16H24FNO3/c1-6-10(2)15(16(19)21-5)18-11(3)12-7-8-13(17)14(9-12)20-4/h7-11,15,18H,6H2,1-5H3. The number of carbonyl (C=O) groups excluding carboxylic acids is 1. The Bertz CT molecular complexity index is 479. The van der Waals surface area contributed by atoms with Crippen LogP contribution in [0.15, 0.2) is 18.2 Å². The topological polar surface area (TPSA) is 47.6 Å². The van der Waals surface area contributed by atoms with E-state index in [0.29, 0.717) is 0 Å². The number of rotatable bonds is 7. The summed E-state index contributed by atoms with van der Waals surface area (Å²) in [5.41, 5.74) is 0.852. The Morgan fingerprint density at radius 3 is 2.52 bits per heavy atom. The largest absolute Gasteiger partial charge is 0.494 e. The van der Waals surface area contributed by atoms with Crippen LogP contribution in [-0.2, 0) is 9.53 Å². The highest BCUT2D eigenvalue weighted by molar-refractivity contribution is 5.76. The van der Waals surface area contributed by atoms with Crippen LogP contribution >= 0.6 is 0 Å². The SMILES string of the molecule is CCC(C)C(NC(C)c1ccc(F)c(OC)c1)C(=O)OC. The maximum absolute atomic E-state index is 13.4. The van der Waals surface area contributed by atoms with Crippen molar-refractivity contribution in [2.45, 2.75) is 39.3 Å². The van der Waals surface area contributed by atoms with Gasteiger partial charge >= 0.3 is 5.97 Å². The molecule has 0 aliphatic carbocycles. The number of methoxy groups -OCH3 is 2. The van der Waals surface area contributed by atoms with Crippen molar-refractivity contribution < 1.29 is 18.7 Å². The van der Waals surface area contributed by atoms with Gasteiger partial charge in [-0.2, -0.15) is 0 Å². The van der Waals surface area contributed by atoms with E-state index in [1.807, 2.05) is 20.8 Å². The van der Waals surface area contributed by atoms with Crippen molar-refractivity contribution in [3.63, 3.8) is 0 Å². The number of hydrogen-bond acceptors (Lipinski definition) is 4. The summed E-state index contributed by atoms with van der Waals surface area (Å²) in [5.74, 6) is -0.355. The van der Waals surface area contributed by atoms with E-state index in [4.69, 9.17) is 9.47 Å². The number of nitrogens with one attached hydrogen (secondary N) is 1. The molecule has 3 atom stereocenters. The molecule has 21 heavy (non-hydrogen) atoms. The van der Waals surface area contributed by atoms with Gasteiger partial charge in [-0.1, -0.05) is 26.3 Å². The van der Waals surface area contributed by atoms with Crippen molar-refractivity contribution >= 4 is 5.97 Å². The minimum Gasteiger partial charge on any atom is -0.494 e. The average Bonchev–Trinajstić information content (AvgIpc) is 2.51. The third-order valence-electron chi connectivity index (χ3n) is 3.77. The van der Waals surface area contributed by atoms with Gasteiger partial charge in [0.1, 0.15) is 6.04 Å². The van der Waals surface area contributed by atoms with Gasteiger partial charge in [0.25, 0.3) is 0 Å². The lowest BCUT2D eigenvalue weighted by Gasteiger charge is -2.26. The molecule has 1 aromatic carbocycles. The zero-order valence-corrected chi connectivity index (χ0v) is 13.3. The van der Waals surface area contributed by atoms with Crippen molar-refractivity contribution in [2.75, 3.05) is 14.2 Å². The lowest BCUT2D eigenvalue weighted by Crippen LogP contribution is -2.43. The Morgan fingerprint density at radius 1 is 1.33 bits per heavy atom. The van der Waals surface area contributed by atoms with E-state index in [2.05, 4.69) is 5.32 Å². The zero-order valence-electron chi connectivity index (χ0n) is 13.3. The monoisotopic (exact) mass is 297 g/mol. The highest BCUT2D eigenvalue weighted by atomic mass is 19.1. The highest BCUT2D eigenvalue weighted by Gasteiger charge is 2.26. The van der Waals surface area contributed by atoms with Gasteiger partial charge in [-0.3, -0.25) is 10.1 Å². The normalized spacial score (nSPS) is 15.1. The lowest BCUT2D eigenvalue weighted by atomic mass is 9.97. The Labute approximate surface area is 125 Å². The number of carbonyl (C=O) groups is 1. The Morgan fingerprint density at radius 2 is 2.00 bits per heavy atom. The van der Waals surface area contributed by atoms with Crippen molar-refractivity contribution in [3.05, 3.63) is 29.6 Å². The van der Waals surface area contributed by atoms with Gasteiger partial charge in [0.15, 0.2) is 11.6 Å². The summed E-state index contributed by atoms with van der Waals surface area (Å²) in [7, 11) is 2.81. The molecule has 0 saturated carbocycles. The number of halogens is 1. The van der Waals surface area contributed by atoms with Gasteiger partial charge in [0, 0.05) is 6.04 Å². The summed E-state index contributed by atoms with van der Waals surface area (Å²) in [6.07, 6.45) is 0.853. The Balaban J connectivity index is 2.91. The molecule has 5 heteroatoms. The number of hydrogen-bond donors (Lipinski definition) is 1. The van der Waals surface area contributed by atoms with Gasteiger partial charge < -0.3 is 9.47 Å². The fourth-order valence-corrected chi connectivity index (χ4v) is 2.14. The van der Waals surface area contributed by atoms with Crippen molar-refractivity contribution in [1.82, 2.24) is 5.32 Å². The number of ether oxygens (including phenoxy) is 2. The minimum atomic E-state index is -0.403. The van der Waals surface area contributed by atoms with E-state index >= 15 is 0 Å². The molecule has 4 nitrogen and oxygen atoms in total. The van der Waals surface area contributed by atoms with Crippen LogP contribution in [0.4, 0.5) is 4.39 Å². The molecule has 0 spiro atoms. The molecule has 0 heterocycles. The fraction of sp³-hybridized carbons (Fsp3) is 0.562. The Kier molecular flexibility index (Phi) is 6.62. The second kappa shape index (κ2) is 7.98.